The van der Waals surface area contributed by atoms with Crippen LogP contribution in [0.3, 0.4) is 0 Å². The molecule has 0 aliphatic carbocycles. The van der Waals surface area contributed by atoms with E-state index >= 15 is 0 Å². The monoisotopic (exact) mass is 196 g/mol. The Morgan fingerprint density at radius 1 is 1.50 bits per heavy atom. The SMILES string of the molecule is CC(C)OCc1ccc(F)cc1C=O. The third kappa shape index (κ3) is 2.92. The van der Waals surface area contributed by atoms with Crippen LogP contribution in [0, 0.1) is 5.82 Å². The summed E-state index contributed by atoms with van der Waals surface area (Å²) < 4.78 is 18.1. The van der Waals surface area contributed by atoms with Gasteiger partial charge in [-0.25, -0.2) is 4.39 Å². The molecule has 0 fully saturated rings. The van der Waals surface area contributed by atoms with Gasteiger partial charge in [0.05, 0.1) is 12.7 Å². The number of halogens is 1. The van der Waals surface area contributed by atoms with Crippen molar-refractivity contribution in [2.45, 2.75) is 26.6 Å². The van der Waals surface area contributed by atoms with Crippen LogP contribution in [0.15, 0.2) is 18.2 Å². The number of hydrogen-bond donors (Lipinski definition) is 0. The second kappa shape index (κ2) is 4.86. The molecule has 0 aliphatic rings. The molecule has 0 heterocycles. The van der Waals surface area contributed by atoms with Crippen molar-refractivity contribution in [1.29, 1.82) is 0 Å². The Labute approximate surface area is 82.7 Å². The van der Waals surface area contributed by atoms with Gasteiger partial charge in [-0.3, -0.25) is 4.79 Å². The molecule has 0 saturated carbocycles. The first kappa shape index (κ1) is 10.9. The van der Waals surface area contributed by atoms with Gasteiger partial charge in [-0.15, -0.1) is 0 Å². The number of aldehydes is 1. The minimum Gasteiger partial charge on any atom is -0.374 e. The number of ether oxygens (including phenoxy) is 1. The smallest absolute Gasteiger partial charge is 0.150 e. The lowest BCUT2D eigenvalue weighted by Crippen LogP contribution is -2.04. The molecule has 0 amide bonds. The van der Waals surface area contributed by atoms with Crippen molar-refractivity contribution in [3.05, 3.63) is 35.1 Å². The van der Waals surface area contributed by atoms with Gasteiger partial charge in [0.25, 0.3) is 0 Å². The van der Waals surface area contributed by atoms with E-state index in [1.54, 1.807) is 6.07 Å². The van der Waals surface area contributed by atoms with Gasteiger partial charge < -0.3 is 4.74 Å². The number of carbonyl (C=O) groups excluding carboxylic acids is 1. The molecule has 0 saturated heterocycles. The highest BCUT2D eigenvalue weighted by atomic mass is 19.1. The number of hydrogen-bond acceptors (Lipinski definition) is 2. The van der Waals surface area contributed by atoms with Crippen molar-refractivity contribution in [2.75, 3.05) is 0 Å². The van der Waals surface area contributed by atoms with Crippen LogP contribution in [0.4, 0.5) is 4.39 Å². The minimum atomic E-state index is -0.402. The molecule has 1 rings (SSSR count). The minimum absolute atomic E-state index is 0.0968. The number of carbonyl (C=O) groups is 1. The highest BCUT2D eigenvalue weighted by Crippen LogP contribution is 2.11. The van der Waals surface area contributed by atoms with E-state index in [2.05, 4.69) is 0 Å². The molecule has 0 spiro atoms. The molecule has 0 aromatic heterocycles. The molecular weight excluding hydrogens is 183 g/mol. The molecular formula is C11H13FO2. The lowest BCUT2D eigenvalue weighted by molar-refractivity contribution is 0.0651. The molecule has 0 aliphatic heterocycles. The maximum absolute atomic E-state index is 12.7. The lowest BCUT2D eigenvalue weighted by Gasteiger charge is -2.09. The highest BCUT2D eigenvalue weighted by molar-refractivity contribution is 5.77. The largest absolute Gasteiger partial charge is 0.374 e. The Kier molecular flexibility index (Phi) is 3.77. The average molecular weight is 196 g/mol. The van der Waals surface area contributed by atoms with Crippen LogP contribution in [0.2, 0.25) is 0 Å². The molecule has 0 atom stereocenters. The maximum Gasteiger partial charge on any atom is 0.150 e. The Morgan fingerprint density at radius 2 is 2.21 bits per heavy atom. The first-order chi connectivity index (χ1) is 6.63. The second-order valence-electron chi connectivity index (χ2n) is 3.32. The summed E-state index contributed by atoms with van der Waals surface area (Å²) in [7, 11) is 0. The standard InChI is InChI=1S/C11H13FO2/c1-8(2)14-7-9-3-4-11(12)5-10(9)6-13/h3-6,8H,7H2,1-2H3. The zero-order chi connectivity index (χ0) is 10.6. The third-order valence-corrected chi connectivity index (χ3v) is 1.81. The fraction of sp³-hybridized carbons (Fsp3) is 0.364. The zero-order valence-electron chi connectivity index (χ0n) is 8.29. The summed E-state index contributed by atoms with van der Waals surface area (Å²) in [4.78, 5) is 10.6. The van der Waals surface area contributed by atoms with Crippen LogP contribution in [0.5, 0.6) is 0 Å². The van der Waals surface area contributed by atoms with Gasteiger partial charge in [0.1, 0.15) is 5.82 Å². The van der Waals surface area contributed by atoms with Gasteiger partial charge in [0.2, 0.25) is 0 Å². The molecule has 2 nitrogen and oxygen atoms in total. The van der Waals surface area contributed by atoms with Gasteiger partial charge >= 0.3 is 0 Å². The summed E-state index contributed by atoms with van der Waals surface area (Å²) in [6.45, 7) is 4.15. The van der Waals surface area contributed by atoms with Crippen molar-refractivity contribution in [3.8, 4) is 0 Å². The van der Waals surface area contributed by atoms with Gasteiger partial charge in [0.15, 0.2) is 6.29 Å². The predicted molar refractivity (Wildman–Crippen MR) is 51.7 cm³/mol. The molecule has 0 bridgehead atoms. The Bertz CT molecular complexity index is 321. The Balaban J connectivity index is 2.80. The normalized spacial score (nSPS) is 10.6. The zero-order valence-corrected chi connectivity index (χ0v) is 8.29. The lowest BCUT2D eigenvalue weighted by atomic mass is 10.1. The van der Waals surface area contributed by atoms with E-state index < -0.39 is 5.82 Å². The van der Waals surface area contributed by atoms with E-state index in [1.807, 2.05) is 13.8 Å². The van der Waals surface area contributed by atoms with Crippen LogP contribution in [0.1, 0.15) is 29.8 Å². The van der Waals surface area contributed by atoms with E-state index in [-0.39, 0.29) is 6.10 Å². The second-order valence-corrected chi connectivity index (χ2v) is 3.32. The molecule has 0 radical (unpaired) electrons. The number of benzene rings is 1. The summed E-state index contributed by atoms with van der Waals surface area (Å²) >= 11 is 0. The topological polar surface area (TPSA) is 26.3 Å². The molecule has 3 heteroatoms. The number of rotatable bonds is 4. The molecule has 0 unspecified atom stereocenters. The maximum atomic E-state index is 12.7. The van der Waals surface area contributed by atoms with Gasteiger partial charge in [-0.2, -0.15) is 0 Å². The highest BCUT2D eigenvalue weighted by Gasteiger charge is 2.04. The van der Waals surface area contributed by atoms with Crippen molar-refractivity contribution in [2.24, 2.45) is 0 Å². The summed E-state index contributed by atoms with van der Waals surface area (Å²) in [5.74, 6) is -0.402. The van der Waals surface area contributed by atoms with Crippen molar-refractivity contribution < 1.29 is 13.9 Å². The summed E-state index contributed by atoms with van der Waals surface area (Å²) in [5.41, 5.74) is 1.07. The quantitative estimate of drug-likeness (QED) is 0.692. The average Bonchev–Trinajstić information content (AvgIpc) is 2.15. The Morgan fingerprint density at radius 3 is 2.79 bits per heavy atom. The van der Waals surface area contributed by atoms with Crippen LogP contribution in [0.25, 0.3) is 0 Å². The van der Waals surface area contributed by atoms with E-state index in [9.17, 15) is 9.18 Å². The predicted octanol–water partition coefficient (Wildman–Crippen LogP) is 2.56. The molecule has 0 N–H and O–H groups in total. The van der Waals surface area contributed by atoms with Crippen LogP contribution < -0.4 is 0 Å². The van der Waals surface area contributed by atoms with E-state index in [0.29, 0.717) is 18.5 Å². The first-order valence-corrected chi connectivity index (χ1v) is 4.48. The van der Waals surface area contributed by atoms with E-state index in [0.717, 1.165) is 5.56 Å². The van der Waals surface area contributed by atoms with E-state index in [4.69, 9.17) is 4.74 Å². The van der Waals surface area contributed by atoms with Gasteiger partial charge in [0, 0.05) is 5.56 Å². The van der Waals surface area contributed by atoms with Crippen molar-refractivity contribution in [3.63, 3.8) is 0 Å². The van der Waals surface area contributed by atoms with Crippen molar-refractivity contribution in [1.82, 2.24) is 0 Å². The fourth-order valence-electron chi connectivity index (χ4n) is 1.06. The first-order valence-electron chi connectivity index (χ1n) is 4.48. The summed E-state index contributed by atoms with van der Waals surface area (Å²) in [6.07, 6.45) is 0.738. The van der Waals surface area contributed by atoms with Gasteiger partial charge in [-0.1, -0.05) is 6.07 Å². The summed E-state index contributed by atoms with van der Waals surface area (Å²) in [5, 5.41) is 0. The summed E-state index contributed by atoms with van der Waals surface area (Å²) in [6, 6.07) is 4.11. The molecule has 1 aromatic rings. The molecule has 1 aromatic carbocycles. The van der Waals surface area contributed by atoms with Crippen LogP contribution in [-0.2, 0) is 11.3 Å². The van der Waals surface area contributed by atoms with Crippen molar-refractivity contribution >= 4 is 6.29 Å². The Hall–Kier alpha value is -1.22. The van der Waals surface area contributed by atoms with Gasteiger partial charge in [-0.05, 0) is 31.5 Å². The fourth-order valence-corrected chi connectivity index (χ4v) is 1.06. The van der Waals surface area contributed by atoms with E-state index in [1.165, 1.54) is 12.1 Å². The molecule has 14 heavy (non-hydrogen) atoms. The molecule has 76 valence electrons. The third-order valence-electron chi connectivity index (χ3n) is 1.81. The van der Waals surface area contributed by atoms with Crippen LogP contribution >= 0.6 is 0 Å². The van der Waals surface area contributed by atoms with Crippen LogP contribution in [-0.4, -0.2) is 12.4 Å².